The monoisotopic (exact) mass is 983 g/mol. The smallest absolute Gasteiger partial charge is 0.306 e. The van der Waals surface area contributed by atoms with E-state index >= 15 is 0 Å². The Kier molecular flexibility index (Phi) is 54.9. The minimum atomic E-state index is -0.827. The summed E-state index contributed by atoms with van der Waals surface area (Å²) >= 11 is 0. The van der Waals surface area contributed by atoms with Crippen LogP contribution < -0.4 is 0 Å². The van der Waals surface area contributed by atoms with Gasteiger partial charge in [0.2, 0.25) is 0 Å². The first-order chi connectivity index (χ1) is 35.0. The van der Waals surface area contributed by atoms with E-state index in [0.29, 0.717) is 19.3 Å². The maximum absolute atomic E-state index is 12.8. The molecule has 1 atom stereocenters. The number of unbranched alkanes of at least 4 members (excludes halogenated alkanes) is 20. The summed E-state index contributed by atoms with van der Waals surface area (Å²) < 4.78 is 16.8. The molecule has 6 heteroatoms. The second kappa shape index (κ2) is 58.4. The second-order valence-electron chi connectivity index (χ2n) is 18.8. The van der Waals surface area contributed by atoms with Crippen molar-refractivity contribution in [3.63, 3.8) is 0 Å². The number of ether oxygens (including phenoxy) is 3. The maximum atomic E-state index is 12.8. The highest BCUT2D eigenvalue weighted by Crippen LogP contribution is 2.13. The third kappa shape index (κ3) is 56.6. The third-order valence-corrected chi connectivity index (χ3v) is 11.9. The van der Waals surface area contributed by atoms with Crippen LogP contribution in [-0.4, -0.2) is 37.2 Å². The Hall–Kier alpha value is -4.19. The zero-order chi connectivity index (χ0) is 51.4. The molecule has 0 aliphatic heterocycles. The molecule has 0 aromatic rings. The number of carbonyl (C=O) groups is 3. The van der Waals surface area contributed by atoms with Gasteiger partial charge in [-0.15, -0.1) is 0 Å². The Labute approximate surface area is 437 Å². The van der Waals surface area contributed by atoms with Crippen molar-refractivity contribution in [2.75, 3.05) is 13.2 Å². The molecule has 0 radical (unpaired) electrons. The van der Waals surface area contributed by atoms with E-state index in [0.717, 1.165) is 103 Å². The highest BCUT2D eigenvalue weighted by molar-refractivity contribution is 5.71. The van der Waals surface area contributed by atoms with Gasteiger partial charge in [-0.1, -0.05) is 226 Å². The highest BCUT2D eigenvalue weighted by atomic mass is 16.6. The SMILES string of the molecule is CC/C=C\C/C=C\C/C=C\C/C=C\C/C=C\CCCC(=O)O[C@H](COC(=O)CCCCC/C=C\C/C=C\C/C=C\C/C=C\CCCCC)COC(=O)CCCCCCCCC/C=C\CCCCCCCC. The van der Waals surface area contributed by atoms with Crippen LogP contribution in [0.5, 0.6) is 0 Å². The summed E-state index contributed by atoms with van der Waals surface area (Å²) in [5, 5.41) is 0. The van der Waals surface area contributed by atoms with Gasteiger partial charge in [0, 0.05) is 19.3 Å². The molecule has 0 N–H and O–H groups in total. The van der Waals surface area contributed by atoms with Gasteiger partial charge >= 0.3 is 17.9 Å². The van der Waals surface area contributed by atoms with Crippen LogP contribution in [0.2, 0.25) is 0 Å². The summed E-state index contributed by atoms with van der Waals surface area (Å²) in [4.78, 5) is 38.2. The van der Waals surface area contributed by atoms with Crippen LogP contribution >= 0.6 is 0 Å². The van der Waals surface area contributed by atoms with Gasteiger partial charge in [-0.3, -0.25) is 14.4 Å². The molecule has 0 aliphatic rings. The fraction of sp³-hybridized carbons (Fsp3) is 0.646. The number of hydrogen-bond donors (Lipinski definition) is 0. The van der Waals surface area contributed by atoms with Crippen LogP contribution in [0.1, 0.15) is 252 Å². The Morgan fingerprint density at radius 3 is 0.958 bits per heavy atom. The first-order valence-corrected chi connectivity index (χ1v) is 29.0. The molecule has 0 unspecified atom stereocenters. The van der Waals surface area contributed by atoms with E-state index in [4.69, 9.17) is 14.2 Å². The molecule has 0 saturated heterocycles. The van der Waals surface area contributed by atoms with Crippen LogP contribution in [0.3, 0.4) is 0 Å². The van der Waals surface area contributed by atoms with Crippen molar-refractivity contribution >= 4 is 17.9 Å². The number of carbonyl (C=O) groups excluding carboxylic acids is 3. The van der Waals surface area contributed by atoms with Gasteiger partial charge in [0.05, 0.1) is 0 Å². The molecule has 0 amide bonds. The van der Waals surface area contributed by atoms with Gasteiger partial charge in [-0.25, -0.2) is 0 Å². The van der Waals surface area contributed by atoms with Crippen molar-refractivity contribution in [2.24, 2.45) is 0 Å². The van der Waals surface area contributed by atoms with E-state index in [2.05, 4.69) is 142 Å². The zero-order valence-electron chi connectivity index (χ0n) is 45.9. The molecule has 0 saturated carbocycles. The minimum Gasteiger partial charge on any atom is -0.462 e. The Bertz CT molecular complexity index is 1500. The lowest BCUT2D eigenvalue weighted by molar-refractivity contribution is -0.167. The zero-order valence-corrected chi connectivity index (χ0v) is 45.9. The molecule has 0 bridgehead atoms. The van der Waals surface area contributed by atoms with Crippen LogP contribution in [-0.2, 0) is 28.6 Å². The van der Waals surface area contributed by atoms with Gasteiger partial charge in [-0.05, 0) is 128 Å². The Morgan fingerprint density at radius 1 is 0.296 bits per heavy atom. The lowest BCUT2D eigenvalue weighted by Gasteiger charge is -2.18. The quantitative estimate of drug-likeness (QED) is 0.0261. The predicted octanol–water partition coefficient (Wildman–Crippen LogP) is 19.6. The van der Waals surface area contributed by atoms with E-state index in [1.807, 2.05) is 0 Å². The van der Waals surface area contributed by atoms with Gasteiger partial charge in [0.15, 0.2) is 6.10 Å². The maximum Gasteiger partial charge on any atom is 0.306 e. The molecule has 0 heterocycles. The molecule has 0 aliphatic carbocycles. The Morgan fingerprint density at radius 2 is 0.563 bits per heavy atom. The first-order valence-electron chi connectivity index (χ1n) is 29.0. The largest absolute Gasteiger partial charge is 0.462 e. The van der Waals surface area contributed by atoms with Crippen molar-refractivity contribution in [2.45, 2.75) is 258 Å². The standard InChI is InChI=1S/C65H106O6/c1-4-7-10-13-16-19-22-25-28-31-32-35-37-40-43-46-49-52-55-58-64(67)70-61-62(71-65(68)59-56-53-50-47-44-41-38-34-30-27-24-21-18-15-12-9-6-3)60-69-63(66)57-54-51-48-45-42-39-36-33-29-26-23-20-17-14-11-8-5-2/h9,12,16,18-19,21,25-30,32,35,38,40-41,43,47,50,62H,4-8,10-11,13-15,17,20,22-24,31,33-34,36-37,39,42,44-46,48-49,51-61H2,1-3H3/b12-9-,19-16-,21-18-,28-25-,29-26-,30-27-,35-32-,41-38-,43-40-,50-47-/t62-/m0/s1. The number of rotatable bonds is 51. The van der Waals surface area contributed by atoms with Gasteiger partial charge in [0.25, 0.3) is 0 Å². The molecular weight excluding hydrogens is 877 g/mol. The minimum absolute atomic E-state index is 0.116. The second-order valence-corrected chi connectivity index (χ2v) is 18.8. The number of allylic oxidation sites excluding steroid dienone is 20. The molecule has 0 aromatic heterocycles. The number of esters is 3. The summed E-state index contributed by atoms with van der Waals surface area (Å²) in [6.45, 7) is 6.41. The molecule has 0 aromatic carbocycles. The van der Waals surface area contributed by atoms with Gasteiger partial charge in [0.1, 0.15) is 13.2 Å². The van der Waals surface area contributed by atoms with Crippen molar-refractivity contribution < 1.29 is 28.6 Å². The molecule has 71 heavy (non-hydrogen) atoms. The first kappa shape index (κ1) is 66.8. The van der Waals surface area contributed by atoms with Crippen LogP contribution in [0, 0.1) is 0 Å². The topological polar surface area (TPSA) is 78.9 Å². The normalized spacial score (nSPS) is 13.0. The molecule has 0 spiro atoms. The van der Waals surface area contributed by atoms with Gasteiger partial charge < -0.3 is 14.2 Å². The van der Waals surface area contributed by atoms with E-state index in [1.54, 1.807) is 0 Å². The molecule has 0 fully saturated rings. The average molecular weight is 984 g/mol. The third-order valence-electron chi connectivity index (χ3n) is 11.9. The van der Waals surface area contributed by atoms with Crippen molar-refractivity contribution in [3.8, 4) is 0 Å². The van der Waals surface area contributed by atoms with Crippen LogP contribution in [0.4, 0.5) is 0 Å². The number of hydrogen-bond acceptors (Lipinski definition) is 6. The predicted molar refractivity (Wildman–Crippen MR) is 306 cm³/mol. The van der Waals surface area contributed by atoms with Gasteiger partial charge in [-0.2, -0.15) is 0 Å². The van der Waals surface area contributed by atoms with Crippen LogP contribution in [0.25, 0.3) is 0 Å². The van der Waals surface area contributed by atoms with E-state index in [9.17, 15) is 14.4 Å². The van der Waals surface area contributed by atoms with E-state index < -0.39 is 6.10 Å². The molecule has 402 valence electrons. The summed E-state index contributed by atoms with van der Waals surface area (Å²) in [5.41, 5.74) is 0. The summed E-state index contributed by atoms with van der Waals surface area (Å²) in [6, 6.07) is 0. The highest BCUT2D eigenvalue weighted by Gasteiger charge is 2.19. The van der Waals surface area contributed by atoms with Crippen molar-refractivity contribution in [1.29, 1.82) is 0 Å². The fourth-order valence-electron chi connectivity index (χ4n) is 7.57. The summed E-state index contributed by atoms with van der Waals surface area (Å²) in [7, 11) is 0. The molecule has 6 nitrogen and oxygen atoms in total. The van der Waals surface area contributed by atoms with Crippen LogP contribution in [0.15, 0.2) is 122 Å². The lowest BCUT2D eigenvalue weighted by atomic mass is 10.1. The molecule has 0 rings (SSSR count). The van der Waals surface area contributed by atoms with Crippen molar-refractivity contribution in [3.05, 3.63) is 122 Å². The molecular formula is C65H106O6. The average Bonchev–Trinajstić information content (AvgIpc) is 3.37. The van der Waals surface area contributed by atoms with E-state index in [-0.39, 0.29) is 37.5 Å². The Balaban J connectivity index is 4.55. The lowest BCUT2D eigenvalue weighted by Crippen LogP contribution is -2.30. The summed E-state index contributed by atoms with van der Waals surface area (Å²) in [5.74, 6) is -1.01. The summed E-state index contributed by atoms with van der Waals surface area (Å²) in [6.07, 6.45) is 80.5. The fourth-order valence-corrected chi connectivity index (χ4v) is 7.57. The van der Waals surface area contributed by atoms with E-state index in [1.165, 1.54) is 103 Å². The van der Waals surface area contributed by atoms with Crippen molar-refractivity contribution in [1.82, 2.24) is 0 Å².